The highest BCUT2D eigenvalue weighted by Crippen LogP contribution is 2.29. The number of nitrogens with one attached hydrogen (secondary N) is 2. The van der Waals surface area contributed by atoms with Crippen molar-refractivity contribution >= 4 is 6.03 Å². The molecule has 1 aromatic carbocycles. The standard InChI is InChI=1S/C15H20F2N2O2/c1-10(11-4-5-12(16)13(17)8-11)18-14(21)19-15(9-20)6-2-3-7-15/h4-5,8,10,20H,2-3,6-7,9H2,1H3,(H2,18,19,21). The van der Waals surface area contributed by atoms with Gasteiger partial charge in [-0.25, -0.2) is 13.6 Å². The van der Waals surface area contributed by atoms with Crippen LogP contribution in [0.3, 0.4) is 0 Å². The Morgan fingerprint density at radius 1 is 1.33 bits per heavy atom. The van der Waals surface area contributed by atoms with Gasteiger partial charge in [0.2, 0.25) is 0 Å². The van der Waals surface area contributed by atoms with E-state index in [9.17, 15) is 18.7 Å². The molecule has 0 spiro atoms. The summed E-state index contributed by atoms with van der Waals surface area (Å²) in [6.07, 6.45) is 3.44. The molecular formula is C15H20F2N2O2. The molecule has 1 atom stereocenters. The molecule has 0 heterocycles. The maximum Gasteiger partial charge on any atom is 0.315 e. The number of hydrogen-bond donors (Lipinski definition) is 3. The lowest BCUT2D eigenvalue weighted by molar-refractivity contribution is 0.162. The minimum atomic E-state index is -0.941. The van der Waals surface area contributed by atoms with E-state index in [0.717, 1.165) is 37.8 Å². The number of amides is 2. The first-order valence-corrected chi connectivity index (χ1v) is 7.10. The SMILES string of the molecule is CC(NC(=O)NC1(CO)CCCC1)c1ccc(F)c(F)c1. The van der Waals surface area contributed by atoms with E-state index in [4.69, 9.17) is 0 Å². The third-order valence-corrected chi connectivity index (χ3v) is 4.03. The third-order valence-electron chi connectivity index (χ3n) is 4.03. The van der Waals surface area contributed by atoms with Gasteiger partial charge in [0.15, 0.2) is 11.6 Å². The molecule has 1 aliphatic rings. The molecule has 0 saturated heterocycles. The number of rotatable bonds is 4. The van der Waals surface area contributed by atoms with Gasteiger partial charge in [0.05, 0.1) is 18.2 Å². The average Bonchev–Trinajstić information content (AvgIpc) is 2.90. The summed E-state index contributed by atoms with van der Waals surface area (Å²) in [5, 5.41) is 14.9. The summed E-state index contributed by atoms with van der Waals surface area (Å²) in [6, 6.07) is 2.66. The molecule has 1 unspecified atom stereocenters. The van der Waals surface area contributed by atoms with E-state index in [2.05, 4.69) is 10.6 Å². The van der Waals surface area contributed by atoms with Crippen molar-refractivity contribution in [1.82, 2.24) is 10.6 Å². The highest BCUT2D eigenvalue weighted by atomic mass is 19.2. The van der Waals surface area contributed by atoms with Gasteiger partial charge in [-0.15, -0.1) is 0 Å². The molecule has 6 heteroatoms. The number of hydrogen-bond acceptors (Lipinski definition) is 2. The monoisotopic (exact) mass is 298 g/mol. The van der Waals surface area contributed by atoms with Crippen LogP contribution in [0.15, 0.2) is 18.2 Å². The molecule has 1 fully saturated rings. The fourth-order valence-electron chi connectivity index (χ4n) is 2.71. The second kappa shape index (κ2) is 6.39. The molecule has 2 rings (SSSR count). The van der Waals surface area contributed by atoms with Crippen LogP contribution in [0, 0.1) is 11.6 Å². The zero-order chi connectivity index (χ0) is 15.5. The van der Waals surface area contributed by atoms with Crippen molar-refractivity contribution < 1.29 is 18.7 Å². The number of carbonyl (C=O) groups excluding carboxylic acids is 1. The molecule has 1 saturated carbocycles. The lowest BCUT2D eigenvalue weighted by atomic mass is 9.99. The molecule has 1 aliphatic carbocycles. The van der Waals surface area contributed by atoms with Gasteiger partial charge < -0.3 is 15.7 Å². The van der Waals surface area contributed by atoms with Crippen LogP contribution in [-0.2, 0) is 0 Å². The second-order valence-electron chi connectivity index (χ2n) is 5.64. The van der Waals surface area contributed by atoms with E-state index in [-0.39, 0.29) is 6.61 Å². The van der Waals surface area contributed by atoms with Gasteiger partial charge in [-0.1, -0.05) is 18.9 Å². The molecular weight excluding hydrogens is 278 g/mol. The quantitative estimate of drug-likeness (QED) is 0.800. The zero-order valence-electron chi connectivity index (χ0n) is 12.0. The van der Waals surface area contributed by atoms with Crippen molar-refractivity contribution in [2.75, 3.05) is 6.61 Å². The topological polar surface area (TPSA) is 61.4 Å². The van der Waals surface area contributed by atoms with Crippen LogP contribution in [0.4, 0.5) is 13.6 Å². The van der Waals surface area contributed by atoms with Crippen molar-refractivity contribution in [1.29, 1.82) is 0 Å². The van der Waals surface area contributed by atoms with E-state index in [0.29, 0.717) is 5.56 Å². The predicted molar refractivity (Wildman–Crippen MR) is 74.7 cm³/mol. The Hall–Kier alpha value is -1.69. The van der Waals surface area contributed by atoms with Crippen molar-refractivity contribution in [3.8, 4) is 0 Å². The van der Waals surface area contributed by atoms with Crippen LogP contribution >= 0.6 is 0 Å². The largest absolute Gasteiger partial charge is 0.394 e. The summed E-state index contributed by atoms with van der Waals surface area (Å²) in [5.41, 5.74) is -0.0776. The molecule has 21 heavy (non-hydrogen) atoms. The van der Waals surface area contributed by atoms with Crippen LogP contribution < -0.4 is 10.6 Å². The zero-order valence-corrected chi connectivity index (χ0v) is 12.0. The number of carbonyl (C=O) groups is 1. The fourth-order valence-corrected chi connectivity index (χ4v) is 2.71. The van der Waals surface area contributed by atoms with Crippen molar-refractivity contribution in [2.45, 2.75) is 44.2 Å². The first kappa shape index (κ1) is 15.7. The normalized spacial score (nSPS) is 18.3. The van der Waals surface area contributed by atoms with Crippen LogP contribution in [0.1, 0.15) is 44.2 Å². The van der Waals surface area contributed by atoms with Gasteiger partial charge in [0.25, 0.3) is 0 Å². The first-order chi connectivity index (χ1) is 9.96. The Morgan fingerprint density at radius 3 is 2.57 bits per heavy atom. The molecule has 0 aromatic heterocycles. The molecule has 0 bridgehead atoms. The number of halogens is 2. The smallest absolute Gasteiger partial charge is 0.315 e. The molecule has 3 N–H and O–H groups in total. The maximum atomic E-state index is 13.2. The summed E-state index contributed by atoms with van der Waals surface area (Å²) in [4.78, 5) is 12.0. The van der Waals surface area contributed by atoms with Crippen molar-refractivity contribution in [2.24, 2.45) is 0 Å². The minimum absolute atomic E-state index is 0.0972. The molecule has 2 amide bonds. The molecule has 1 aromatic rings. The van der Waals surface area contributed by atoms with E-state index >= 15 is 0 Å². The van der Waals surface area contributed by atoms with Gasteiger partial charge >= 0.3 is 6.03 Å². The van der Waals surface area contributed by atoms with Gasteiger partial charge in [0, 0.05) is 0 Å². The summed E-state index contributed by atoms with van der Waals surface area (Å²) >= 11 is 0. The first-order valence-electron chi connectivity index (χ1n) is 7.10. The Balaban J connectivity index is 1.96. The van der Waals surface area contributed by atoms with E-state index < -0.39 is 29.2 Å². The Labute approximate surface area is 122 Å². The molecule has 0 aliphatic heterocycles. The van der Waals surface area contributed by atoms with Gasteiger partial charge in [0.1, 0.15) is 0 Å². The highest BCUT2D eigenvalue weighted by Gasteiger charge is 2.34. The number of urea groups is 1. The Morgan fingerprint density at radius 2 is 2.00 bits per heavy atom. The van der Waals surface area contributed by atoms with E-state index in [1.54, 1.807) is 6.92 Å². The predicted octanol–water partition coefficient (Wildman–Crippen LogP) is 2.63. The van der Waals surface area contributed by atoms with Gasteiger partial charge in [-0.3, -0.25) is 0 Å². The average molecular weight is 298 g/mol. The van der Waals surface area contributed by atoms with Crippen LogP contribution in [-0.4, -0.2) is 23.3 Å². The molecule has 116 valence electrons. The van der Waals surface area contributed by atoms with Crippen LogP contribution in [0.2, 0.25) is 0 Å². The Kier molecular flexibility index (Phi) is 4.77. The third kappa shape index (κ3) is 3.69. The van der Waals surface area contributed by atoms with E-state index in [1.807, 2.05) is 0 Å². The lowest BCUT2D eigenvalue weighted by Crippen LogP contribution is -2.53. The summed E-state index contributed by atoms with van der Waals surface area (Å²) in [5.74, 6) is -1.86. The van der Waals surface area contributed by atoms with Gasteiger partial charge in [-0.05, 0) is 37.5 Å². The van der Waals surface area contributed by atoms with E-state index in [1.165, 1.54) is 6.07 Å². The van der Waals surface area contributed by atoms with Gasteiger partial charge in [-0.2, -0.15) is 0 Å². The Bertz CT molecular complexity index is 516. The number of aliphatic hydroxyl groups excluding tert-OH is 1. The number of benzene rings is 1. The fraction of sp³-hybridized carbons (Fsp3) is 0.533. The number of aliphatic hydroxyl groups is 1. The van der Waals surface area contributed by atoms with Crippen LogP contribution in [0.25, 0.3) is 0 Å². The van der Waals surface area contributed by atoms with Crippen LogP contribution in [0.5, 0.6) is 0 Å². The molecule has 0 radical (unpaired) electrons. The van der Waals surface area contributed by atoms with Crippen molar-refractivity contribution in [3.05, 3.63) is 35.4 Å². The summed E-state index contributed by atoms with van der Waals surface area (Å²) in [6.45, 7) is 1.59. The molecule has 4 nitrogen and oxygen atoms in total. The second-order valence-corrected chi connectivity index (χ2v) is 5.64. The van der Waals surface area contributed by atoms with Crippen molar-refractivity contribution in [3.63, 3.8) is 0 Å². The maximum absolute atomic E-state index is 13.2. The summed E-state index contributed by atoms with van der Waals surface area (Å²) in [7, 11) is 0. The summed E-state index contributed by atoms with van der Waals surface area (Å²) < 4.78 is 26.1. The minimum Gasteiger partial charge on any atom is -0.394 e. The highest BCUT2D eigenvalue weighted by molar-refractivity contribution is 5.75. The lowest BCUT2D eigenvalue weighted by Gasteiger charge is -2.29.